The maximum Gasteiger partial charge on any atom is 0.257 e. The third-order valence-corrected chi connectivity index (χ3v) is 5.65. The number of aromatic nitrogens is 1. The zero-order valence-electron chi connectivity index (χ0n) is 18.1. The van der Waals surface area contributed by atoms with Crippen molar-refractivity contribution < 1.29 is 19.1 Å². The highest BCUT2D eigenvalue weighted by molar-refractivity contribution is 5.93. The molecule has 1 aromatic heterocycles. The van der Waals surface area contributed by atoms with E-state index in [1.54, 1.807) is 13.2 Å². The molecule has 8 nitrogen and oxygen atoms in total. The Hall–Kier alpha value is -2.97. The third kappa shape index (κ3) is 5.80. The molecule has 0 saturated carbocycles. The van der Waals surface area contributed by atoms with Crippen molar-refractivity contribution in [3.63, 3.8) is 0 Å². The van der Waals surface area contributed by atoms with Crippen molar-refractivity contribution >= 4 is 12.3 Å². The lowest BCUT2D eigenvalue weighted by Crippen LogP contribution is -2.60. The molecule has 1 saturated heterocycles. The average Bonchev–Trinajstić information content (AvgIpc) is 2.80. The van der Waals surface area contributed by atoms with E-state index < -0.39 is 5.54 Å². The largest absolute Gasteiger partial charge is 0.488 e. The zero-order valence-corrected chi connectivity index (χ0v) is 18.1. The van der Waals surface area contributed by atoms with Gasteiger partial charge in [0, 0.05) is 25.8 Å². The molecular weight excluding hydrogens is 396 g/mol. The Bertz CT molecular complexity index is 864. The summed E-state index contributed by atoms with van der Waals surface area (Å²) in [4.78, 5) is 29.4. The lowest BCUT2D eigenvalue weighted by Gasteiger charge is -2.40. The molecule has 1 fully saturated rings. The average molecular weight is 427 g/mol. The number of imide groups is 1. The molecule has 0 unspecified atom stereocenters. The number of nitrogens with zero attached hydrogens (tertiary/aromatic N) is 2. The van der Waals surface area contributed by atoms with Gasteiger partial charge >= 0.3 is 0 Å². The summed E-state index contributed by atoms with van der Waals surface area (Å²) in [5.41, 5.74) is 1.57. The van der Waals surface area contributed by atoms with Gasteiger partial charge in [0.1, 0.15) is 12.1 Å². The van der Waals surface area contributed by atoms with Crippen molar-refractivity contribution in [2.75, 3.05) is 26.7 Å². The number of carbonyl (C=O) groups is 2. The second-order valence-corrected chi connectivity index (χ2v) is 7.54. The van der Waals surface area contributed by atoms with Gasteiger partial charge in [0.25, 0.3) is 5.88 Å². The Kier molecular flexibility index (Phi) is 7.97. The molecule has 2 aromatic rings. The molecule has 1 aliphatic rings. The summed E-state index contributed by atoms with van der Waals surface area (Å²) in [5.74, 6) is 0.883. The molecule has 1 aliphatic heterocycles. The number of hydrogen-bond acceptors (Lipinski definition) is 7. The molecule has 0 aliphatic carbocycles. The van der Waals surface area contributed by atoms with Gasteiger partial charge in [0.05, 0.1) is 6.61 Å². The fourth-order valence-electron chi connectivity index (χ4n) is 3.78. The predicted molar refractivity (Wildman–Crippen MR) is 117 cm³/mol. The van der Waals surface area contributed by atoms with E-state index in [4.69, 9.17) is 9.47 Å². The van der Waals surface area contributed by atoms with E-state index in [1.807, 2.05) is 19.1 Å². The number of ether oxygens (including phenoxy) is 2. The molecule has 0 atom stereocenters. The van der Waals surface area contributed by atoms with Crippen molar-refractivity contribution in [2.45, 2.75) is 38.5 Å². The highest BCUT2D eigenvalue weighted by atomic mass is 16.5. The minimum Gasteiger partial charge on any atom is -0.488 e. The van der Waals surface area contributed by atoms with Gasteiger partial charge in [-0.3, -0.25) is 19.8 Å². The van der Waals surface area contributed by atoms with E-state index in [9.17, 15) is 9.59 Å². The number of nitrogens with one attached hydrogen (secondary N) is 2. The lowest BCUT2D eigenvalue weighted by molar-refractivity contribution is -0.132. The van der Waals surface area contributed by atoms with Crippen LogP contribution >= 0.6 is 0 Å². The molecule has 3 rings (SSSR count). The Morgan fingerprint density at radius 2 is 1.87 bits per heavy atom. The number of likely N-dealkylation sites (tertiary alicyclic amines) is 1. The van der Waals surface area contributed by atoms with Gasteiger partial charge in [-0.15, -0.1) is 0 Å². The lowest BCUT2D eigenvalue weighted by atomic mass is 9.86. The van der Waals surface area contributed by atoms with E-state index in [-0.39, 0.29) is 5.91 Å². The van der Waals surface area contributed by atoms with Crippen LogP contribution in [0.1, 0.15) is 30.9 Å². The summed E-state index contributed by atoms with van der Waals surface area (Å²) in [6.07, 6.45) is 3.44. The van der Waals surface area contributed by atoms with Gasteiger partial charge in [-0.25, -0.2) is 4.98 Å². The van der Waals surface area contributed by atoms with Crippen LogP contribution < -0.4 is 20.1 Å². The minimum absolute atomic E-state index is 0.255. The summed E-state index contributed by atoms with van der Waals surface area (Å²) in [6, 6.07) is 12.0. The van der Waals surface area contributed by atoms with Gasteiger partial charge in [-0.05, 0) is 50.1 Å². The molecule has 1 aromatic carbocycles. The summed E-state index contributed by atoms with van der Waals surface area (Å²) >= 11 is 0. The van der Waals surface area contributed by atoms with E-state index in [1.165, 1.54) is 5.56 Å². The Morgan fingerprint density at radius 3 is 2.52 bits per heavy atom. The highest BCUT2D eigenvalue weighted by Gasteiger charge is 2.39. The van der Waals surface area contributed by atoms with Gasteiger partial charge in [0.15, 0.2) is 5.75 Å². The molecular formula is C23H30N4O4. The Balaban J connectivity index is 1.51. The van der Waals surface area contributed by atoms with Crippen LogP contribution in [-0.2, 0) is 22.7 Å². The van der Waals surface area contributed by atoms with Gasteiger partial charge in [0.2, 0.25) is 12.3 Å². The number of piperidine rings is 1. The van der Waals surface area contributed by atoms with Crippen LogP contribution in [0.4, 0.5) is 0 Å². The number of likely N-dealkylation sites (N-methyl/N-ethyl adjacent to an activating group) is 1. The second-order valence-electron chi connectivity index (χ2n) is 7.54. The topological polar surface area (TPSA) is 92.8 Å². The monoisotopic (exact) mass is 426 g/mol. The van der Waals surface area contributed by atoms with E-state index in [0.29, 0.717) is 44.1 Å². The predicted octanol–water partition coefficient (Wildman–Crippen LogP) is 1.89. The first kappa shape index (κ1) is 22.7. The molecule has 166 valence electrons. The van der Waals surface area contributed by atoms with Crippen LogP contribution in [0.5, 0.6) is 11.6 Å². The fraction of sp³-hybridized carbons (Fsp3) is 0.435. The second kappa shape index (κ2) is 10.9. The smallest absolute Gasteiger partial charge is 0.257 e. The molecule has 2 amide bonds. The number of carbonyl (C=O) groups excluding carboxylic acids is 2. The Morgan fingerprint density at radius 1 is 1.16 bits per heavy atom. The van der Waals surface area contributed by atoms with Crippen LogP contribution in [0.15, 0.2) is 42.6 Å². The molecule has 31 heavy (non-hydrogen) atoms. The normalized spacial score (nSPS) is 15.8. The van der Waals surface area contributed by atoms with Crippen LogP contribution in [0.3, 0.4) is 0 Å². The van der Waals surface area contributed by atoms with Crippen LogP contribution in [0.2, 0.25) is 0 Å². The van der Waals surface area contributed by atoms with Crippen LogP contribution in [-0.4, -0.2) is 54.5 Å². The van der Waals surface area contributed by atoms with Crippen LogP contribution in [0, 0.1) is 0 Å². The summed E-state index contributed by atoms with van der Waals surface area (Å²) in [6.45, 7) is 5.26. The third-order valence-electron chi connectivity index (χ3n) is 5.65. The first-order valence-electron chi connectivity index (χ1n) is 10.5. The molecule has 2 heterocycles. The van der Waals surface area contributed by atoms with Crippen molar-refractivity contribution in [1.29, 1.82) is 0 Å². The maximum absolute atomic E-state index is 12.2. The maximum atomic E-state index is 12.2. The van der Waals surface area contributed by atoms with Gasteiger partial charge < -0.3 is 14.8 Å². The van der Waals surface area contributed by atoms with Gasteiger partial charge in [-0.1, -0.05) is 24.3 Å². The van der Waals surface area contributed by atoms with E-state index >= 15 is 0 Å². The first-order chi connectivity index (χ1) is 15.1. The molecule has 0 radical (unpaired) electrons. The molecule has 0 spiro atoms. The molecule has 0 bridgehead atoms. The van der Waals surface area contributed by atoms with Crippen molar-refractivity contribution in [1.82, 2.24) is 20.5 Å². The van der Waals surface area contributed by atoms with Crippen molar-refractivity contribution in [3.8, 4) is 11.6 Å². The zero-order chi connectivity index (χ0) is 22.1. The summed E-state index contributed by atoms with van der Waals surface area (Å²) < 4.78 is 11.4. The van der Waals surface area contributed by atoms with Crippen molar-refractivity contribution in [3.05, 3.63) is 53.7 Å². The SMILES string of the molecule is CCOc1cccnc1OCc1ccc(CN2CCC(NC)(C(=O)NC=O)CC2)cc1. The number of rotatable bonds is 10. The summed E-state index contributed by atoms with van der Waals surface area (Å²) in [5, 5.41) is 5.39. The number of benzene rings is 1. The summed E-state index contributed by atoms with van der Waals surface area (Å²) in [7, 11) is 1.77. The van der Waals surface area contributed by atoms with Crippen molar-refractivity contribution in [2.24, 2.45) is 0 Å². The van der Waals surface area contributed by atoms with E-state index in [0.717, 1.165) is 25.2 Å². The number of amides is 2. The van der Waals surface area contributed by atoms with Crippen LogP contribution in [0.25, 0.3) is 0 Å². The number of hydrogen-bond donors (Lipinski definition) is 2. The Labute approximate surface area is 182 Å². The van der Waals surface area contributed by atoms with Gasteiger partial charge in [-0.2, -0.15) is 0 Å². The van der Waals surface area contributed by atoms with E-state index in [2.05, 4.69) is 44.8 Å². The standard InChI is InChI=1S/C23H30N4O4/c1-3-30-20-5-4-12-25-21(20)31-16-19-8-6-18(7-9-19)15-27-13-10-23(24-2,11-14-27)22(29)26-17-28/h4-9,12,17,24H,3,10-11,13-16H2,1-2H3,(H,26,28,29). The molecule has 2 N–H and O–H groups in total. The highest BCUT2D eigenvalue weighted by Crippen LogP contribution is 2.25. The number of pyridine rings is 1. The first-order valence-corrected chi connectivity index (χ1v) is 10.5. The quantitative estimate of drug-likeness (QED) is 0.561. The molecule has 8 heteroatoms. The fourth-order valence-corrected chi connectivity index (χ4v) is 3.78. The minimum atomic E-state index is -0.676.